The van der Waals surface area contributed by atoms with E-state index < -0.39 is 0 Å². The van der Waals surface area contributed by atoms with Gasteiger partial charge in [0, 0.05) is 19.0 Å². The minimum absolute atomic E-state index is 0.0834. The smallest absolute Gasteiger partial charge is 0.257 e. The van der Waals surface area contributed by atoms with Crippen LogP contribution in [0.15, 0.2) is 27.5 Å². The molecule has 0 radical (unpaired) electrons. The van der Waals surface area contributed by atoms with Crippen LogP contribution in [0.25, 0.3) is 17.2 Å². The number of likely N-dealkylation sites (N-methyl/N-ethyl adjacent to an activating group) is 1. The van der Waals surface area contributed by atoms with Gasteiger partial charge in [-0.2, -0.15) is 4.98 Å². The third kappa shape index (κ3) is 2.87. The Labute approximate surface area is 150 Å². The van der Waals surface area contributed by atoms with E-state index in [1.165, 1.54) is 7.05 Å². The van der Waals surface area contributed by atoms with Crippen LogP contribution in [-0.4, -0.2) is 44.6 Å². The minimum Gasteiger partial charge on any atom is -0.339 e. The molecular weight excluding hydrogens is 344 g/mol. The Hall–Kier alpha value is -2.45. The van der Waals surface area contributed by atoms with E-state index in [2.05, 4.69) is 20.9 Å². The van der Waals surface area contributed by atoms with Crippen molar-refractivity contribution < 1.29 is 9.32 Å². The Morgan fingerprint density at radius 1 is 1.36 bits per heavy atom. The van der Waals surface area contributed by atoms with Crippen LogP contribution >= 0.6 is 11.6 Å². The molecule has 2 aromatic rings. The van der Waals surface area contributed by atoms with Gasteiger partial charge in [-0.25, -0.2) is 4.98 Å². The molecule has 2 aromatic heterocycles. The first-order valence-electron chi connectivity index (χ1n) is 7.86. The number of nitrogens with two attached hydrogens (primary N) is 1. The summed E-state index contributed by atoms with van der Waals surface area (Å²) in [7, 11) is 3.25. The number of rotatable bonds is 1. The molecule has 9 heteroatoms. The molecule has 4 rings (SSSR count). The predicted molar refractivity (Wildman–Crippen MR) is 93.2 cm³/mol. The highest BCUT2D eigenvalue weighted by Gasteiger charge is 2.32. The quantitative estimate of drug-likeness (QED) is 0.831. The van der Waals surface area contributed by atoms with Crippen LogP contribution in [0.1, 0.15) is 24.4 Å². The van der Waals surface area contributed by atoms with Crippen molar-refractivity contribution in [2.24, 2.45) is 5.73 Å². The number of imidazole rings is 1. The molecule has 8 nitrogen and oxygen atoms in total. The molecule has 0 bridgehead atoms. The number of nitrogens with zero attached hydrogens (tertiary/aromatic N) is 5. The summed E-state index contributed by atoms with van der Waals surface area (Å²) >= 11 is 6.33. The van der Waals surface area contributed by atoms with E-state index in [1.54, 1.807) is 25.2 Å². The number of aryl methyl sites for hydroxylation is 1. The van der Waals surface area contributed by atoms with Crippen LogP contribution in [0.5, 0.6) is 0 Å². The summed E-state index contributed by atoms with van der Waals surface area (Å²) < 4.78 is 6.95. The van der Waals surface area contributed by atoms with E-state index in [9.17, 15) is 4.79 Å². The molecule has 0 saturated heterocycles. The maximum Gasteiger partial charge on any atom is 0.257 e. The van der Waals surface area contributed by atoms with E-state index in [1.807, 2.05) is 10.6 Å². The van der Waals surface area contributed by atoms with Gasteiger partial charge in [0.05, 0.1) is 23.5 Å². The second-order valence-electron chi connectivity index (χ2n) is 5.62. The van der Waals surface area contributed by atoms with Gasteiger partial charge in [0.15, 0.2) is 0 Å². The summed E-state index contributed by atoms with van der Waals surface area (Å²) in [5, 5.41) is 4.53. The molecule has 2 aliphatic rings. The topological polar surface area (TPSA) is 103 Å². The zero-order valence-electron chi connectivity index (χ0n) is 14.3. The molecule has 0 fully saturated rings. The largest absolute Gasteiger partial charge is 0.339 e. The van der Waals surface area contributed by atoms with Crippen molar-refractivity contribution in [2.75, 3.05) is 14.1 Å². The Kier molecular flexibility index (Phi) is 4.73. The van der Waals surface area contributed by atoms with Crippen LogP contribution in [0.4, 0.5) is 0 Å². The Morgan fingerprint density at radius 2 is 2.12 bits per heavy atom. The molecule has 3 heterocycles. The number of allylic oxidation sites excluding steroid dienone is 2. The Bertz CT molecular complexity index is 879. The predicted octanol–water partition coefficient (Wildman–Crippen LogP) is 1.92. The van der Waals surface area contributed by atoms with Gasteiger partial charge in [0.1, 0.15) is 12.0 Å². The molecule has 1 aliphatic carbocycles. The average Bonchev–Trinajstić information content (AvgIpc) is 3.19. The molecule has 0 aromatic carbocycles. The Balaban J connectivity index is 0.000000880. The number of amides is 1. The molecule has 1 amide bonds. The molecule has 0 saturated carbocycles. The van der Waals surface area contributed by atoms with Crippen LogP contribution in [-0.2, 0) is 11.3 Å². The van der Waals surface area contributed by atoms with Crippen molar-refractivity contribution >= 4 is 23.2 Å². The minimum atomic E-state index is -0.0834. The van der Waals surface area contributed by atoms with Gasteiger partial charge in [-0.15, -0.1) is 0 Å². The van der Waals surface area contributed by atoms with Gasteiger partial charge in [-0.05, 0) is 19.9 Å². The van der Waals surface area contributed by atoms with Crippen molar-refractivity contribution in [3.05, 3.63) is 34.6 Å². The first-order valence-corrected chi connectivity index (χ1v) is 8.23. The SMILES string of the molecule is CN.Cc1nc(-c2ncn3c2CN(C)C(=O)C2=C(Cl)CCC=C23)no1. The van der Waals surface area contributed by atoms with Gasteiger partial charge < -0.3 is 19.7 Å². The summed E-state index contributed by atoms with van der Waals surface area (Å²) in [6.45, 7) is 2.12. The van der Waals surface area contributed by atoms with E-state index in [0.717, 1.165) is 17.8 Å². The van der Waals surface area contributed by atoms with Crippen molar-refractivity contribution in [3.8, 4) is 11.5 Å². The molecule has 1 aliphatic heterocycles. The molecule has 25 heavy (non-hydrogen) atoms. The fourth-order valence-corrected chi connectivity index (χ4v) is 3.23. The van der Waals surface area contributed by atoms with Gasteiger partial charge in [-0.1, -0.05) is 22.8 Å². The monoisotopic (exact) mass is 362 g/mol. The molecule has 132 valence electrons. The number of carbonyl (C=O) groups excluding carboxylic acids is 1. The lowest BCUT2D eigenvalue weighted by molar-refractivity contribution is -0.125. The van der Waals surface area contributed by atoms with Crippen LogP contribution in [0.3, 0.4) is 0 Å². The normalized spacial score (nSPS) is 16.6. The molecular formula is C16H19ClN6O2. The highest BCUT2D eigenvalue weighted by Crippen LogP contribution is 2.37. The van der Waals surface area contributed by atoms with E-state index >= 15 is 0 Å². The third-order valence-electron chi connectivity index (χ3n) is 4.04. The van der Waals surface area contributed by atoms with E-state index in [4.69, 9.17) is 16.1 Å². The summed E-state index contributed by atoms with van der Waals surface area (Å²) in [6, 6.07) is 0. The fraction of sp³-hybridized carbons (Fsp3) is 0.375. The zero-order chi connectivity index (χ0) is 18.1. The zero-order valence-corrected chi connectivity index (χ0v) is 15.0. The number of halogens is 1. The molecule has 0 spiro atoms. The van der Waals surface area contributed by atoms with Crippen molar-refractivity contribution in [1.29, 1.82) is 0 Å². The first-order chi connectivity index (χ1) is 12.1. The van der Waals surface area contributed by atoms with Gasteiger partial charge in [0.2, 0.25) is 11.7 Å². The molecule has 0 atom stereocenters. The maximum absolute atomic E-state index is 12.7. The standard InChI is InChI=1S/C15H14ClN5O2.CH5N/c1-8-18-14(19-23-8)13-11-6-20(2)15(22)12-9(16)4-3-5-10(12)21(11)7-17-13;1-2/h5,7H,3-4,6H2,1-2H3;2H2,1H3. The number of hydrogen-bond donors (Lipinski definition) is 1. The van der Waals surface area contributed by atoms with Crippen LogP contribution in [0.2, 0.25) is 0 Å². The highest BCUT2D eigenvalue weighted by molar-refractivity contribution is 6.34. The summed E-state index contributed by atoms with van der Waals surface area (Å²) in [5.74, 6) is 0.812. The number of aromatic nitrogens is 4. The summed E-state index contributed by atoms with van der Waals surface area (Å²) in [4.78, 5) is 23.0. The van der Waals surface area contributed by atoms with Gasteiger partial charge in [-0.3, -0.25) is 4.79 Å². The van der Waals surface area contributed by atoms with E-state index in [-0.39, 0.29) is 5.91 Å². The number of fused-ring (bicyclic) bond motifs is 3. The van der Waals surface area contributed by atoms with Crippen molar-refractivity contribution in [1.82, 2.24) is 24.6 Å². The lowest BCUT2D eigenvalue weighted by Crippen LogP contribution is -2.27. The number of hydrogen-bond acceptors (Lipinski definition) is 6. The van der Waals surface area contributed by atoms with Gasteiger partial charge in [0.25, 0.3) is 5.91 Å². The maximum atomic E-state index is 12.7. The summed E-state index contributed by atoms with van der Waals surface area (Å²) in [5.41, 5.74) is 7.29. The highest BCUT2D eigenvalue weighted by atomic mass is 35.5. The second kappa shape index (κ2) is 6.81. The van der Waals surface area contributed by atoms with Crippen LogP contribution in [0, 0.1) is 6.92 Å². The first kappa shape index (κ1) is 17.4. The summed E-state index contributed by atoms with van der Waals surface area (Å²) in [6.07, 6.45) is 5.18. The third-order valence-corrected chi connectivity index (χ3v) is 4.42. The second-order valence-corrected chi connectivity index (χ2v) is 6.07. The number of carbonyl (C=O) groups is 1. The fourth-order valence-electron chi connectivity index (χ4n) is 2.95. The van der Waals surface area contributed by atoms with Crippen molar-refractivity contribution in [2.45, 2.75) is 26.3 Å². The van der Waals surface area contributed by atoms with Crippen molar-refractivity contribution in [3.63, 3.8) is 0 Å². The molecule has 2 N–H and O–H groups in total. The van der Waals surface area contributed by atoms with E-state index in [0.29, 0.717) is 41.0 Å². The van der Waals surface area contributed by atoms with Gasteiger partial charge >= 0.3 is 0 Å². The lowest BCUT2D eigenvalue weighted by Gasteiger charge is -2.19. The lowest BCUT2D eigenvalue weighted by atomic mass is 10.0. The average molecular weight is 363 g/mol. The van der Waals surface area contributed by atoms with Crippen LogP contribution < -0.4 is 5.73 Å². The Morgan fingerprint density at radius 3 is 2.80 bits per heavy atom. The molecule has 0 unspecified atom stereocenters.